The second-order valence-corrected chi connectivity index (χ2v) is 13.2. The lowest BCUT2D eigenvalue weighted by molar-refractivity contribution is -0.131. The first-order valence-corrected chi connectivity index (χ1v) is 16.4. The van der Waals surface area contributed by atoms with Crippen LogP contribution in [-0.4, -0.2) is 55.0 Å². The third-order valence-electron chi connectivity index (χ3n) is 8.55. The Morgan fingerprint density at radius 3 is 2.53 bits per heavy atom. The van der Waals surface area contributed by atoms with E-state index < -0.39 is 15.6 Å². The zero-order valence-corrected chi connectivity index (χ0v) is 26.5. The molecule has 1 amide bonds. The molecule has 2 aliphatic rings. The monoisotopic (exact) mass is 607 g/mol. The first kappa shape index (κ1) is 30.9. The summed E-state index contributed by atoms with van der Waals surface area (Å²) in [4.78, 5) is 26.2. The molecule has 1 fully saturated rings. The molecule has 11 heteroatoms. The number of anilines is 1. The fourth-order valence-electron chi connectivity index (χ4n) is 5.94. The van der Waals surface area contributed by atoms with Crippen LogP contribution >= 0.6 is 0 Å². The van der Waals surface area contributed by atoms with Crippen molar-refractivity contribution in [3.05, 3.63) is 64.9 Å². The first-order chi connectivity index (χ1) is 20.6. The first-order valence-electron chi connectivity index (χ1n) is 14.9. The molecule has 1 N–H and O–H groups in total. The second-order valence-electron chi connectivity index (χ2n) is 11.5. The highest BCUT2D eigenvalue weighted by molar-refractivity contribution is 7.92. The van der Waals surface area contributed by atoms with Crippen LogP contribution in [0.5, 0.6) is 0 Å². The molecule has 1 saturated carbocycles. The lowest BCUT2D eigenvalue weighted by Crippen LogP contribution is -2.40. The van der Waals surface area contributed by atoms with Gasteiger partial charge in [-0.05, 0) is 55.9 Å². The van der Waals surface area contributed by atoms with Crippen LogP contribution < -0.4 is 4.72 Å². The van der Waals surface area contributed by atoms with E-state index in [0.717, 1.165) is 67.5 Å². The van der Waals surface area contributed by atoms with Crippen molar-refractivity contribution < 1.29 is 22.6 Å². The maximum atomic E-state index is 13.7. The molecule has 10 nitrogen and oxygen atoms in total. The van der Waals surface area contributed by atoms with Gasteiger partial charge >= 0.3 is 0 Å². The Morgan fingerprint density at radius 1 is 1.12 bits per heavy atom. The van der Waals surface area contributed by atoms with Gasteiger partial charge in [-0.3, -0.25) is 19.4 Å². The fraction of sp³-hybridized carbons (Fsp3) is 0.469. The topological polar surface area (TPSA) is 117 Å². The molecule has 0 bridgehead atoms. The number of amides is 1. The van der Waals surface area contributed by atoms with Gasteiger partial charge in [-0.2, -0.15) is 5.06 Å². The van der Waals surface area contributed by atoms with Crippen molar-refractivity contribution in [2.75, 3.05) is 18.9 Å². The van der Waals surface area contributed by atoms with Gasteiger partial charge in [-0.1, -0.05) is 67.7 Å². The van der Waals surface area contributed by atoms with E-state index >= 15 is 0 Å². The van der Waals surface area contributed by atoms with Crippen molar-refractivity contribution in [1.29, 1.82) is 0 Å². The second kappa shape index (κ2) is 12.6. The Labute approximate surface area is 254 Å². The number of nitrogens with zero attached hydrogens (tertiary/aromatic N) is 4. The molecule has 2 aromatic carbocycles. The lowest BCUT2D eigenvalue weighted by atomic mass is 9.96. The van der Waals surface area contributed by atoms with Gasteiger partial charge in [0.15, 0.2) is 5.82 Å². The number of aryl methyl sites for hydroxylation is 1. The third kappa shape index (κ3) is 6.25. The van der Waals surface area contributed by atoms with Gasteiger partial charge < -0.3 is 9.36 Å². The van der Waals surface area contributed by atoms with Crippen LogP contribution in [0.4, 0.5) is 5.82 Å². The lowest BCUT2D eigenvalue weighted by Gasteiger charge is -2.24. The maximum absolute atomic E-state index is 13.7. The molecule has 0 radical (unpaired) electrons. The van der Waals surface area contributed by atoms with Gasteiger partial charge in [0.25, 0.3) is 15.9 Å². The Morgan fingerprint density at radius 2 is 1.86 bits per heavy atom. The molecule has 5 rings (SSSR count). The molecule has 1 aliphatic heterocycles. The van der Waals surface area contributed by atoms with Gasteiger partial charge in [0.1, 0.15) is 17.1 Å². The number of aliphatic imine (C=N–C) groups is 1. The summed E-state index contributed by atoms with van der Waals surface area (Å²) >= 11 is 0. The standard InChI is InChI=1S/C32H41N5O5S/c1-6-7-14-29-33-32(17-10-11-18-32)31(38)37(29)20-24-15-16-26(25(19-24)21-36(4)41-5)27-12-8-9-13-28(27)43(39,40)35-30-22(2)23(3)42-34-30/h8-9,12-13,15-16,19H,6-7,10-11,14,17-18,20-21H2,1-5H3,(H,34,35). The van der Waals surface area contributed by atoms with Crippen LogP contribution in [0.2, 0.25) is 0 Å². The molecule has 0 atom stereocenters. The number of aromatic nitrogens is 1. The van der Waals surface area contributed by atoms with Crippen molar-refractivity contribution in [2.24, 2.45) is 4.99 Å². The van der Waals surface area contributed by atoms with Crippen LogP contribution in [0.15, 0.2) is 56.9 Å². The number of amidine groups is 1. The highest BCUT2D eigenvalue weighted by atomic mass is 32.2. The van der Waals surface area contributed by atoms with E-state index in [9.17, 15) is 13.2 Å². The minimum atomic E-state index is -4.00. The average Bonchev–Trinajstić information content (AvgIpc) is 3.67. The zero-order valence-electron chi connectivity index (χ0n) is 25.6. The van der Waals surface area contributed by atoms with E-state index in [4.69, 9.17) is 14.4 Å². The number of nitrogens with one attached hydrogen (secondary N) is 1. The molecule has 1 aliphatic carbocycles. The zero-order chi connectivity index (χ0) is 30.8. The SMILES string of the molecule is CCCCC1=NC2(CCCC2)C(=O)N1Cc1ccc(-c2ccccc2S(=O)(=O)Nc2noc(C)c2C)c(CN(C)OC)c1. The minimum absolute atomic E-state index is 0.108. The average molecular weight is 608 g/mol. The van der Waals surface area contributed by atoms with Crippen molar-refractivity contribution >= 4 is 27.6 Å². The minimum Gasteiger partial charge on any atom is -0.359 e. The molecule has 0 saturated heterocycles. The van der Waals surface area contributed by atoms with Crippen LogP contribution in [0.25, 0.3) is 11.1 Å². The van der Waals surface area contributed by atoms with Gasteiger partial charge in [0, 0.05) is 31.1 Å². The summed E-state index contributed by atoms with van der Waals surface area (Å²) in [6, 6.07) is 12.8. The predicted octanol–water partition coefficient (Wildman–Crippen LogP) is 6.00. The van der Waals surface area contributed by atoms with Crippen molar-refractivity contribution in [1.82, 2.24) is 15.1 Å². The number of carbonyl (C=O) groups excluding carboxylic acids is 1. The Bertz CT molecular complexity index is 1620. The Balaban J connectivity index is 1.51. The smallest absolute Gasteiger partial charge is 0.263 e. The van der Waals surface area contributed by atoms with Crippen molar-refractivity contribution in [2.45, 2.75) is 89.2 Å². The Hall–Kier alpha value is -3.54. The molecule has 1 spiro atoms. The van der Waals surface area contributed by atoms with Crippen LogP contribution in [0.3, 0.4) is 0 Å². The number of benzene rings is 2. The summed E-state index contributed by atoms with van der Waals surface area (Å²) in [7, 11) is -0.592. The number of rotatable bonds is 12. The van der Waals surface area contributed by atoms with Crippen molar-refractivity contribution in [3.63, 3.8) is 0 Å². The van der Waals surface area contributed by atoms with E-state index in [-0.39, 0.29) is 16.6 Å². The van der Waals surface area contributed by atoms with E-state index in [1.807, 2.05) is 36.2 Å². The number of hydrogen-bond donors (Lipinski definition) is 1. The van der Waals surface area contributed by atoms with E-state index in [1.54, 1.807) is 44.2 Å². The molecule has 43 heavy (non-hydrogen) atoms. The molecule has 2 heterocycles. The summed E-state index contributed by atoms with van der Waals surface area (Å²) in [6.07, 6.45) is 6.47. The molecule has 3 aromatic rings. The van der Waals surface area contributed by atoms with Gasteiger partial charge in [0.2, 0.25) is 0 Å². The number of sulfonamides is 1. The third-order valence-corrected chi connectivity index (χ3v) is 9.95. The fourth-order valence-corrected chi connectivity index (χ4v) is 7.22. The number of hydroxylamine groups is 2. The van der Waals surface area contributed by atoms with Crippen molar-refractivity contribution in [3.8, 4) is 11.1 Å². The number of hydrogen-bond acceptors (Lipinski definition) is 8. The van der Waals surface area contributed by atoms with E-state index in [2.05, 4.69) is 16.8 Å². The largest absolute Gasteiger partial charge is 0.359 e. The van der Waals surface area contributed by atoms with Gasteiger partial charge in [-0.25, -0.2) is 8.42 Å². The summed E-state index contributed by atoms with van der Waals surface area (Å²) in [6.45, 7) is 6.45. The van der Waals surface area contributed by atoms with E-state index in [1.165, 1.54) is 0 Å². The summed E-state index contributed by atoms with van der Waals surface area (Å²) in [5, 5.41) is 5.57. The molecule has 0 unspecified atom stereocenters. The van der Waals surface area contributed by atoms with E-state index in [0.29, 0.717) is 30.0 Å². The molecular weight excluding hydrogens is 566 g/mol. The van der Waals surface area contributed by atoms with Crippen LogP contribution in [0, 0.1) is 13.8 Å². The van der Waals surface area contributed by atoms with Gasteiger partial charge in [0.05, 0.1) is 18.6 Å². The summed E-state index contributed by atoms with van der Waals surface area (Å²) in [5.41, 5.74) is 3.15. The quantitative estimate of drug-likeness (QED) is 0.251. The maximum Gasteiger partial charge on any atom is 0.263 e. The molecular formula is C32H41N5O5S. The molecule has 1 aromatic heterocycles. The molecule has 230 valence electrons. The normalized spacial score (nSPS) is 16.5. The number of unbranched alkanes of at least 4 members (excludes halogenated alkanes) is 1. The van der Waals surface area contributed by atoms with Crippen LogP contribution in [-0.2, 0) is 32.7 Å². The van der Waals surface area contributed by atoms with Gasteiger partial charge in [-0.15, -0.1) is 0 Å². The highest BCUT2D eigenvalue weighted by Gasteiger charge is 2.49. The highest BCUT2D eigenvalue weighted by Crippen LogP contribution is 2.40. The van der Waals surface area contributed by atoms with Crippen LogP contribution in [0.1, 0.15) is 74.3 Å². The summed E-state index contributed by atoms with van der Waals surface area (Å²) in [5.74, 6) is 1.70. The predicted molar refractivity (Wildman–Crippen MR) is 166 cm³/mol. The summed E-state index contributed by atoms with van der Waals surface area (Å²) < 4.78 is 35.0. The number of carbonyl (C=O) groups is 1. The Kier molecular flexibility index (Phi) is 9.05.